The summed E-state index contributed by atoms with van der Waals surface area (Å²) in [6.45, 7) is 2.66. The lowest BCUT2D eigenvalue weighted by molar-refractivity contribution is -0.384. The Bertz CT molecular complexity index is 660. The van der Waals surface area contributed by atoms with Crippen molar-refractivity contribution in [2.45, 2.75) is 19.6 Å². The van der Waals surface area contributed by atoms with E-state index in [0.29, 0.717) is 5.69 Å². The first-order chi connectivity index (χ1) is 10.2. The molecule has 0 atom stereocenters. The van der Waals surface area contributed by atoms with Crippen LogP contribution in [0.15, 0.2) is 42.5 Å². The van der Waals surface area contributed by atoms with E-state index in [1.165, 1.54) is 11.1 Å². The van der Waals surface area contributed by atoms with Crippen molar-refractivity contribution in [1.82, 2.24) is 4.90 Å². The van der Waals surface area contributed by atoms with Gasteiger partial charge in [-0.2, -0.15) is 0 Å². The number of benzene rings is 2. The third kappa shape index (κ3) is 2.73. The molecule has 0 amide bonds. The van der Waals surface area contributed by atoms with Crippen LogP contribution in [-0.4, -0.2) is 16.9 Å². The molecule has 1 N–H and O–H groups in total. The summed E-state index contributed by atoms with van der Waals surface area (Å²) in [5, 5.41) is 13.8. The maximum atomic E-state index is 10.9. The molecule has 0 radical (unpaired) electrons. The zero-order valence-corrected chi connectivity index (χ0v) is 11.9. The van der Waals surface area contributed by atoms with E-state index in [2.05, 4.69) is 34.5 Å². The van der Waals surface area contributed by atoms with E-state index < -0.39 is 0 Å². The minimum absolute atomic E-state index is 0.117. The number of fused-ring (bicyclic) bond motifs is 1. The molecule has 0 saturated heterocycles. The van der Waals surface area contributed by atoms with Gasteiger partial charge >= 0.3 is 0 Å². The highest BCUT2D eigenvalue weighted by atomic mass is 16.6. The first kappa shape index (κ1) is 13.6. The van der Waals surface area contributed by atoms with Crippen LogP contribution in [-0.2, 0) is 19.6 Å². The second-order valence-corrected chi connectivity index (χ2v) is 5.27. The number of anilines is 1. The summed E-state index contributed by atoms with van der Waals surface area (Å²) >= 11 is 0. The Kier molecular flexibility index (Phi) is 3.58. The van der Waals surface area contributed by atoms with Gasteiger partial charge in [0, 0.05) is 32.7 Å². The van der Waals surface area contributed by atoms with Crippen molar-refractivity contribution < 1.29 is 4.92 Å². The molecule has 0 unspecified atom stereocenters. The molecule has 2 aromatic carbocycles. The first-order valence-corrected chi connectivity index (χ1v) is 6.91. The highest BCUT2D eigenvalue weighted by molar-refractivity contribution is 5.62. The van der Waals surface area contributed by atoms with E-state index in [0.717, 1.165) is 25.2 Å². The van der Waals surface area contributed by atoms with Crippen LogP contribution in [0.4, 0.5) is 11.4 Å². The number of hydrogen-bond acceptors (Lipinski definition) is 4. The molecule has 1 aliphatic heterocycles. The van der Waals surface area contributed by atoms with Crippen LogP contribution < -0.4 is 5.32 Å². The monoisotopic (exact) mass is 283 g/mol. The lowest BCUT2D eigenvalue weighted by Crippen LogP contribution is -2.15. The van der Waals surface area contributed by atoms with E-state index in [4.69, 9.17) is 0 Å². The molecule has 1 aliphatic rings. The molecule has 21 heavy (non-hydrogen) atoms. The summed E-state index contributed by atoms with van der Waals surface area (Å²) in [5.41, 5.74) is 4.50. The van der Waals surface area contributed by atoms with E-state index in [1.54, 1.807) is 13.1 Å². The minimum atomic E-state index is -0.360. The quantitative estimate of drug-likeness (QED) is 0.691. The van der Waals surface area contributed by atoms with Crippen molar-refractivity contribution in [3.05, 3.63) is 69.3 Å². The Morgan fingerprint density at radius 2 is 1.86 bits per heavy atom. The van der Waals surface area contributed by atoms with E-state index >= 15 is 0 Å². The number of nitrogens with zero attached hydrogens (tertiary/aromatic N) is 2. The molecular formula is C16H17N3O2. The summed E-state index contributed by atoms with van der Waals surface area (Å²) < 4.78 is 0. The third-order valence-corrected chi connectivity index (χ3v) is 3.84. The molecular weight excluding hydrogens is 266 g/mol. The lowest BCUT2D eigenvalue weighted by atomic mass is 10.1. The van der Waals surface area contributed by atoms with Gasteiger partial charge in [0.15, 0.2) is 0 Å². The second-order valence-electron chi connectivity index (χ2n) is 5.27. The number of nitrogens with one attached hydrogen (secondary N) is 1. The molecule has 2 aromatic rings. The largest absolute Gasteiger partial charge is 0.383 e. The van der Waals surface area contributed by atoms with E-state index in [-0.39, 0.29) is 10.6 Å². The number of nitro groups is 1. The lowest BCUT2D eigenvalue weighted by Gasteiger charge is -2.15. The molecule has 1 heterocycles. The van der Waals surface area contributed by atoms with Crippen molar-refractivity contribution >= 4 is 11.4 Å². The maximum Gasteiger partial charge on any atom is 0.292 e. The van der Waals surface area contributed by atoms with Crippen molar-refractivity contribution in [3.8, 4) is 0 Å². The van der Waals surface area contributed by atoms with Crippen LogP contribution in [0.1, 0.15) is 16.7 Å². The smallest absolute Gasteiger partial charge is 0.292 e. The van der Waals surface area contributed by atoms with Gasteiger partial charge in [-0.05, 0) is 22.8 Å². The Morgan fingerprint density at radius 3 is 2.43 bits per heavy atom. The minimum Gasteiger partial charge on any atom is -0.383 e. The predicted octanol–water partition coefficient (Wildman–Crippen LogP) is 3.15. The summed E-state index contributed by atoms with van der Waals surface area (Å²) in [4.78, 5) is 12.9. The van der Waals surface area contributed by atoms with Crippen LogP contribution in [0.2, 0.25) is 0 Å². The SMILES string of the molecule is CNc1cc(CN2Cc3ccccc3C2)ccc1[N+](=O)[O-]. The average molecular weight is 283 g/mol. The van der Waals surface area contributed by atoms with E-state index in [1.807, 2.05) is 12.1 Å². The highest BCUT2D eigenvalue weighted by Crippen LogP contribution is 2.28. The second kappa shape index (κ2) is 5.54. The Morgan fingerprint density at radius 1 is 1.19 bits per heavy atom. The maximum absolute atomic E-state index is 10.9. The van der Waals surface area contributed by atoms with Gasteiger partial charge in [-0.15, -0.1) is 0 Å². The van der Waals surface area contributed by atoms with Gasteiger partial charge in [-0.1, -0.05) is 30.3 Å². The molecule has 0 aromatic heterocycles. The molecule has 0 aliphatic carbocycles. The standard InChI is InChI=1S/C16H17N3O2/c1-17-15-8-12(6-7-16(15)19(20)21)9-18-10-13-4-2-3-5-14(13)11-18/h2-8,17H,9-11H2,1H3. The van der Waals surface area contributed by atoms with Crippen LogP contribution in [0.25, 0.3) is 0 Å². The molecule has 0 spiro atoms. The number of rotatable bonds is 4. The van der Waals surface area contributed by atoms with Gasteiger partial charge in [0.05, 0.1) is 4.92 Å². The zero-order chi connectivity index (χ0) is 14.8. The first-order valence-electron chi connectivity index (χ1n) is 6.91. The van der Waals surface area contributed by atoms with Gasteiger partial charge in [0.1, 0.15) is 5.69 Å². The summed E-state index contributed by atoms with van der Waals surface area (Å²) in [6.07, 6.45) is 0. The summed E-state index contributed by atoms with van der Waals surface area (Å²) in [5.74, 6) is 0. The fraction of sp³-hybridized carbons (Fsp3) is 0.250. The molecule has 5 nitrogen and oxygen atoms in total. The molecule has 0 fully saturated rings. The van der Waals surface area contributed by atoms with Crippen LogP contribution in [0.3, 0.4) is 0 Å². The normalized spacial score (nSPS) is 14.0. The highest BCUT2D eigenvalue weighted by Gasteiger charge is 2.19. The zero-order valence-electron chi connectivity index (χ0n) is 11.9. The van der Waals surface area contributed by atoms with Crippen LogP contribution >= 0.6 is 0 Å². The Balaban J connectivity index is 1.76. The van der Waals surface area contributed by atoms with Gasteiger partial charge in [-0.3, -0.25) is 15.0 Å². The molecule has 108 valence electrons. The topological polar surface area (TPSA) is 58.4 Å². The van der Waals surface area contributed by atoms with Crippen LogP contribution in [0, 0.1) is 10.1 Å². The number of hydrogen-bond donors (Lipinski definition) is 1. The van der Waals surface area contributed by atoms with Crippen molar-refractivity contribution in [1.29, 1.82) is 0 Å². The molecule has 0 bridgehead atoms. The Hall–Kier alpha value is -2.40. The van der Waals surface area contributed by atoms with Crippen molar-refractivity contribution in [2.75, 3.05) is 12.4 Å². The molecule has 3 rings (SSSR count). The van der Waals surface area contributed by atoms with Gasteiger partial charge in [-0.25, -0.2) is 0 Å². The van der Waals surface area contributed by atoms with Gasteiger partial charge in [0.2, 0.25) is 0 Å². The number of nitro benzene ring substituents is 1. The fourth-order valence-electron chi connectivity index (χ4n) is 2.81. The van der Waals surface area contributed by atoms with Gasteiger partial charge < -0.3 is 5.32 Å². The van der Waals surface area contributed by atoms with Crippen molar-refractivity contribution in [2.24, 2.45) is 0 Å². The van der Waals surface area contributed by atoms with Crippen LogP contribution in [0.5, 0.6) is 0 Å². The summed E-state index contributed by atoms with van der Waals surface area (Å²) in [7, 11) is 1.71. The Labute approximate surface area is 123 Å². The molecule has 5 heteroatoms. The molecule has 0 saturated carbocycles. The van der Waals surface area contributed by atoms with Crippen molar-refractivity contribution in [3.63, 3.8) is 0 Å². The fourth-order valence-corrected chi connectivity index (χ4v) is 2.81. The predicted molar refractivity (Wildman–Crippen MR) is 82.0 cm³/mol. The average Bonchev–Trinajstić information content (AvgIpc) is 2.88. The van der Waals surface area contributed by atoms with Gasteiger partial charge in [0.25, 0.3) is 5.69 Å². The summed E-state index contributed by atoms with van der Waals surface area (Å²) in [6, 6.07) is 13.7. The third-order valence-electron chi connectivity index (χ3n) is 3.84. The van der Waals surface area contributed by atoms with E-state index in [9.17, 15) is 10.1 Å².